The third kappa shape index (κ3) is 3.55. The molecular formula is C15H18BrNO3. The summed E-state index contributed by atoms with van der Waals surface area (Å²) in [7, 11) is 0. The topological polar surface area (TPSA) is 54.6 Å². The summed E-state index contributed by atoms with van der Waals surface area (Å²) in [5.74, 6) is 1.56. The highest BCUT2D eigenvalue weighted by atomic mass is 79.9. The van der Waals surface area contributed by atoms with Crippen molar-refractivity contribution < 1.29 is 14.3 Å². The molecule has 2 aromatic rings. The molecule has 0 fully saturated rings. The van der Waals surface area contributed by atoms with Gasteiger partial charge in [-0.3, -0.25) is 0 Å². The van der Waals surface area contributed by atoms with Gasteiger partial charge in [-0.25, -0.2) is 0 Å². The Morgan fingerprint density at radius 1 is 1.35 bits per heavy atom. The SMILES string of the molecule is CCOc1ccc(NC(C)c2ccc(Br)o2)cc1CO. The van der Waals surface area contributed by atoms with E-state index in [1.165, 1.54) is 0 Å². The summed E-state index contributed by atoms with van der Waals surface area (Å²) in [6.45, 7) is 4.46. The molecule has 0 saturated heterocycles. The molecular weight excluding hydrogens is 322 g/mol. The first-order valence-electron chi connectivity index (χ1n) is 6.52. The average Bonchev–Trinajstić information content (AvgIpc) is 2.87. The second-order valence-corrected chi connectivity index (χ2v) is 5.20. The number of hydrogen-bond donors (Lipinski definition) is 2. The van der Waals surface area contributed by atoms with E-state index in [1.54, 1.807) is 0 Å². The van der Waals surface area contributed by atoms with Gasteiger partial charge in [-0.05, 0) is 60.1 Å². The predicted molar refractivity (Wildman–Crippen MR) is 82.0 cm³/mol. The zero-order chi connectivity index (χ0) is 14.5. The lowest BCUT2D eigenvalue weighted by atomic mass is 10.1. The Morgan fingerprint density at radius 2 is 2.15 bits per heavy atom. The fourth-order valence-electron chi connectivity index (χ4n) is 1.97. The second kappa shape index (κ2) is 6.81. The molecule has 0 aliphatic carbocycles. The molecule has 5 heteroatoms. The van der Waals surface area contributed by atoms with E-state index >= 15 is 0 Å². The van der Waals surface area contributed by atoms with Crippen molar-refractivity contribution in [1.29, 1.82) is 0 Å². The van der Waals surface area contributed by atoms with E-state index in [0.29, 0.717) is 17.0 Å². The number of benzene rings is 1. The van der Waals surface area contributed by atoms with Crippen LogP contribution in [0.25, 0.3) is 0 Å². The molecule has 108 valence electrons. The van der Waals surface area contributed by atoms with Gasteiger partial charge in [0, 0.05) is 11.3 Å². The van der Waals surface area contributed by atoms with Gasteiger partial charge in [0.15, 0.2) is 4.67 Å². The molecule has 20 heavy (non-hydrogen) atoms. The number of rotatable bonds is 6. The average molecular weight is 340 g/mol. The van der Waals surface area contributed by atoms with Crippen molar-refractivity contribution in [2.45, 2.75) is 26.5 Å². The Balaban J connectivity index is 2.13. The maximum Gasteiger partial charge on any atom is 0.169 e. The van der Waals surface area contributed by atoms with E-state index in [1.807, 2.05) is 44.2 Å². The van der Waals surface area contributed by atoms with E-state index in [-0.39, 0.29) is 12.6 Å². The maximum atomic E-state index is 9.39. The minimum atomic E-state index is -0.0501. The first-order valence-corrected chi connectivity index (χ1v) is 7.31. The smallest absolute Gasteiger partial charge is 0.169 e. The minimum absolute atomic E-state index is 0.0331. The number of aliphatic hydroxyl groups is 1. The van der Waals surface area contributed by atoms with Gasteiger partial charge in [0.2, 0.25) is 0 Å². The highest BCUT2D eigenvalue weighted by molar-refractivity contribution is 9.10. The third-order valence-corrected chi connectivity index (χ3v) is 3.36. The van der Waals surface area contributed by atoms with E-state index < -0.39 is 0 Å². The Labute approximate surface area is 126 Å². The zero-order valence-corrected chi connectivity index (χ0v) is 13.1. The van der Waals surface area contributed by atoms with Gasteiger partial charge in [-0.1, -0.05) is 0 Å². The Kier molecular flexibility index (Phi) is 5.09. The van der Waals surface area contributed by atoms with E-state index in [4.69, 9.17) is 9.15 Å². The van der Waals surface area contributed by atoms with Gasteiger partial charge in [-0.2, -0.15) is 0 Å². The van der Waals surface area contributed by atoms with E-state index in [2.05, 4.69) is 21.2 Å². The van der Waals surface area contributed by atoms with Crippen LogP contribution in [0.4, 0.5) is 5.69 Å². The summed E-state index contributed by atoms with van der Waals surface area (Å²) >= 11 is 3.29. The largest absolute Gasteiger partial charge is 0.494 e. The first kappa shape index (κ1) is 14.9. The van der Waals surface area contributed by atoms with E-state index in [0.717, 1.165) is 17.0 Å². The standard InChI is InChI=1S/C15H18BrNO3/c1-3-19-14-5-4-12(8-11(14)9-18)17-10(2)13-6-7-15(16)20-13/h4-8,10,17-18H,3,9H2,1-2H3. The highest BCUT2D eigenvalue weighted by Crippen LogP contribution is 2.27. The summed E-state index contributed by atoms with van der Waals surface area (Å²) in [6, 6.07) is 9.50. The van der Waals surface area contributed by atoms with Crippen LogP contribution < -0.4 is 10.1 Å². The van der Waals surface area contributed by atoms with Crippen molar-refractivity contribution in [3.05, 3.63) is 46.3 Å². The Morgan fingerprint density at radius 3 is 2.75 bits per heavy atom. The molecule has 1 heterocycles. The summed E-state index contributed by atoms with van der Waals surface area (Å²) in [5, 5.41) is 12.7. The second-order valence-electron chi connectivity index (χ2n) is 4.42. The number of ether oxygens (including phenoxy) is 1. The fourth-order valence-corrected chi connectivity index (χ4v) is 2.29. The number of halogens is 1. The van der Waals surface area contributed by atoms with Crippen LogP contribution in [0.2, 0.25) is 0 Å². The van der Waals surface area contributed by atoms with Crippen molar-refractivity contribution in [1.82, 2.24) is 0 Å². The molecule has 1 aromatic heterocycles. The van der Waals surface area contributed by atoms with Crippen LogP contribution in [-0.4, -0.2) is 11.7 Å². The lowest BCUT2D eigenvalue weighted by Crippen LogP contribution is -2.06. The lowest BCUT2D eigenvalue weighted by Gasteiger charge is -2.15. The normalized spacial score (nSPS) is 12.2. The molecule has 2 rings (SSSR count). The zero-order valence-electron chi connectivity index (χ0n) is 11.5. The van der Waals surface area contributed by atoms with Crippen molar-refractivity contribution in [2.75, 3.05) is 11.9 Å². The number of nitrogens with one attached hydrogen (secondary N) is 1. The Bertz CT molecular complexity index is 568. The van der Waals surface area contributed by atoms with Gasteiger partial charge in [-0.15, -0.1) is 0 Å². The van der Waals surface area contributed by atoms with Crippen LogP contribution in [0, 0.1) is 0 Å². The molecule has 0 radical (unpaired) electrons. The first-order chi connectivity index (χ1) is 9.63. The molecule has 0 aliphatic heterocycles. The summed E-state index contributed by atoms with van der Waals surface area (Å²) in [5.41, 5.74) is 1.68. The number of anilines is 1. The molecule has 1 unspecified atom stereocenters. The number of aliphatic hydroxyl groups excluding tert-OH is 1. The lowest BCUT2D eigenvalue weighted by molar-refractivity contribution is 0.267. The molecule has 0 saturated carbocycles. The van der Waals surface area contributed by atoms with Gasteiger partial charge in [0.1, 0.15) is 11.5 Å². The van der Waals surface area contributed by atoms with E-state index in [9.17, 15) is 5.11 Å². The quantitative estimate of drug-likeness (QED) is 0.831. The Hall–Kier alpha value is -1.46. The number of hydrogen-bond acceptors (Lipinski definition) is 4. The van der Waals surface area contributed by atoms with Crippen LogP contribution in [0.15, 0.2) is 39.4 Å². The number of furan rings is 1. The van der Waals surface area contributed by atoms with Crippen molar-refractivity contribution >= 4 is 21.6 Å². The van der Waals surface area contributed by atoms with Crippen molar-refractivity contribution in [3.8, 4) is 5.75 Å². The van der Waals surface area contributed by atoms with Crippen LogP contribution in [-0.2, 0) is 6.61 Å². The monoisotopic (exact) mass is 339 g/mol. The van der Waals surface area contributed by atoms with Crippen LogP contribution in [0.3, 0.4) is 0 Å². The minimum Gasteiger partial charge on any atom is -0.494 e. The fraction of sp³-hybridized carbons (Fsp3) is 0.333. The summed E-state index contributed by atoms with van der Waals surface area (Å²) < 4.78 is 11.7. The molecule has 2 N–H and O–H groups in total. The molecule has 4 nitrogen and oxygen atoms in total. The van der Waals surface area contributed by atoms with Crippen molar-refractivity contribution in [3.63, 3.8) is 0 Å². The molecule has 1 aromatic carbocycles. The van der Waals surface area contributed by atoms with Crippen LogP contribution in [0.5, 0.6) is 5.75 Å². The molecule has 0 aliphatic rings. The van der Waals surface area contributed by atoms with Gasteiger partial charge in [0.05, 0.1) is 19.3 Å². The molecule has 0 amide bonds. The van der Waals surface area contributed by atoms with Crippen LogP contribution in [0.1, 0.15) is 31.2 Å². The molecule has 1 atom stereocenters. The predicted octanol–water partition coefficient (Wildman–Crippen LogP) is 4.11. The van der Waals surface area contributed by atoms with Crippen molar-refractivity contribution in [2.24, 2.45) is 0 Å². The van der Waals surface area contributed by atoms with Gasteiger partial charge in [0.25, 0.3) is 0 Å². The highest BCUT2D eigenvalue weighted by Gasteiger charge is 2.11. The van der Waals surface area contributed by atoms with Gasteiger partial charge >= 0.3 is 0 Å². The third-order valence-electron chi connectivity index (χ3n) is 2.93. The van der Waals surface area contributed by atoms with Crippen LogP contribution >= 0.6 is 15.9 Å². The molecule has 0 spiro atoms. The van der Waals surface area contributed by atoms with Gasteiger partial charge < -0.3 is 19.6 Å². The summed E-state index contributed by atoms with van der Waals surface area (Å²) in [6.07, 6.45) is 0. The molecule has 0 bridgehead atoms. The summed E-state index contributed by atoms with van der Waals surface area (Å²) in [4.78, 5) is 0. The maximum absolute atomic E-state index is 9.39.